The van der Waals surface area contributed by atoms with Gasteiger partial charge in [0.05, 0.1) is 11.3 Å². The lowest BCUT2D eigenvalue weighted by Gasteiger charge is -2.04. The van der Waals surface area contributed by atoms with E-state index in [9.17, 15) is 9.59 Å². The SMILES string of the molecule is O=C(C=NO)Nc1ccccc1C(=O)O. The minimum atomic E-state index is -1.15. The lowest BCUT2D eigenvalue weighted by molar-refractivity contribution is -0.110. The predicted molar refractivity (Wildman–Crippen MR) is 52.3 cm³/mol. The monoisotopic (exact) mass is 208 g/mol. The molecule has 0 saturated carbocycles. The molecule has 0 aliphatic heterocycles. The summed E-state index contributed by atoms with van der Waals surface area (Å²) in [6.07, 6.45) is 0.638. The second kappa shape index (κ2) is 4.75. The number of amides is 1. The summed E-state index contributed by atoms with van der Waals surface area (Å²) in [4.78, 5) is 21.7. The number of benzene rings is 1. The van der Waals surface area contributed by atoms with Gasteiger partial charge in [-0.15, -0.1) is 0 Å². The van der Waals surface area contributed by atoms with Crippen molar-refractivity contribution in [3.05, 3.63) is 29.8 Å². The molecular formula is C9H8N2O4. The predicted octanol–water partition coefficient (Wildman–Crippen LogP) is 0.783. The van der Waals surface area contributed by atoms with E-state index in [1.165, 1.54) is 12.1 Å². The Labute approximate surface area is 84.8 Å². The van der Waals surface area contributed by atoms with Crippen LogP contribution in [0.15, 0.2) is 29.4 Å². The number of nitrogens with zero attached hydrogens (tertiary/aromatic N) is 1. The van der Waals surface area contributed by atoms with Gasteiger partial charge in [0.1, 0.15) is 6.21 Å². The molecule has 6 nitrogen and oxygen atoms in total. The molecule has 0 unspecified atom stereocenters. The normalized spacial score (nSPS) is 10.1. The topological polar surface area (TPSA) is 99.0 Å². The fourth-order valence-electron chi connectivity index (χ4n) is 0.996. The third-order valence-corrected chi connectivity index (χ3v) is 1.59. The molecule has 15 heavy (non-hydrogen) atoms. The maximum Gasteiger partial charge on any atom is 0.337 e. The highest BCUT2D eigenvalue weighted by molar-refractivity contribution is 6.32. The van der Waals surface area contributed by atoms with Gasteiger partial charge >= 0.3 is 5.97 Å². The molecule has 0 aromatic heterocycles. The minimum Gasteiger partial charge on any atom is -0.478 e. The summed E-state index contributed by atoms with van der Waals surface area (Å²) in [5.74, 6) is -1.85. The Morgan fingerprint density at radius 1 is 1.33 bits per heavy atom. The zero-order chi connectivity index (χ0) is 11.3. The van der Waals surface area contributed by atoms with Crippen molar-refractivity contribution in [3.8, 4) is 0 Å². The first-order valence-electron chi connectivity index (χ1n) is 3.96. The fraction of sp³-hybridized carbons (Fsp3) is 0. The summed E-state index contributed by atoms with van der Waals surface area (Å²) < 4.78 is 0. The van der Waals surface area contributed by atoms with Crippen LogP contribution < -0.4 is 5.32 Å². The van der Waals surface area contributed by atoms with Crippen molar-refractivity contribution >= 4 is 23.8 Å². The van der Waals surface area contributed by atoms with Gasteiger partial charge in [0.15, 0.2) is 0 Å². The third-order valence-electron chi connectivity index (χ3n) is 1.59. The van der Waals surface area contributed by atoms with Crippen molar-refractivity contribution in [1.82, 2.24) is 0 Å². The molecule has 1 aromatic rings. The highest BCUT2D eigenvalue weighted by atomic mass is 16.4. The number of hydrogen-bond acceptors (Lipinski definition) is 4. The molecule has 1 amide bonds. The lowest BCUT2D eigenvalue weighted by atomic mass is 10.2. The Morgan fingerprint density at radius 3 is 2.60 bits per heavy atom. The van der Waals surface area contributed by atoms with E-state index < -0.39 is 11.9 Å². The van der Waals surface area contributed by atoms with Gasteiger partial charge in [-0.1, -0.05) is 17.3 Å². The number of para-hydroxylation sites is 1. The molecule has 0 saturated heterocycles. The smallest absolute Gasteiger partial charge is 0.337 e. The molecule has 0 aliphatic carbocycles. The van der Waals surface area contributed by atoms with Crippen LogP contribution in [0.25, 0.3) is 0 Å². The van der Waals surface area contributed by atoms with Crippen LogP contribution in [-0.4, -0.2) is 28.4 Å². The van der Waals surface area contributed by atoms with E-state index in [0.29, 0.717) is 6.21 Å². The number of carboxylic acids is 1. The number of nitrogens with one attached hydrogen (secondary N) is 1. The summed E-state index contributed by atoms with van der Waals surface area (Å²) in [6, 6.07) is 5.91. The van der Waals surface area contributed by atoms with E-state index >= 15 is 0 Å². The molecule has 0 atom stereocenters. The maximum absolute atomic E-state index is 11.0. The molecule has 0 aliphatic rings. The standard InChI is InChI=1S/C9H8N2O4/c12-8(5-10-15)11-7-4-2-1-3-6(7)9(13)14/h1-5,15H,(H,11,12)(H,13,14). The van der Waals surface area contributed by atoms with E-state index in [0.717, 1.165) is 0 Å². The maximum atomic E-state index is 11.0. The largest absolute Gasteiger partial charge is 0.478 e. The number of rotatable bonds is 3. The molecule has 1 rings (SSSR count). The van der Waals surface area contributed by atoms with Gasteiger partial charge in [0.25, 0.3) is 5.91 Å². The zero-order valence-corrected chi connectivity index (χ0v) is 7.54. The Kier molecular flexibility index (Phi) is 3.39. The molecule has 1 aromatic carbocycles. The van der Waals surface area contributed by atoms with E-state index in [1.807, 2.05) is 0 Å². The van der Waals surface area contributed by atoms with Crippen LogP contribution in [0, 0.1) is 0 Å². The summed E-state index contributed by atoms with van der Waals surface area (Å²) in [5.41, 5.74) is 0.118. The van der Waals surface area contributed by atoms with Gasteiger partial charge in [-0.2, -0.15) is 0 Å². The first-order chi connectivity index (χ1) is 7.15. The molecular weight excluding hydrogens is 200 g/mol. The fourth-order valence-corrected chi connectivity index (χ4v) is 0.996. The van der Waals surface area contributed by atoms with Crippen molar-refractivity contribution in [3.63, 3.8) is 0 Å². The summed E-state index contributed by atoms with van der Waals surface area (Å²) in [5, 5.41) is 21.6. The highest BCUT2D eigenvalue weighted by Crippen LogP contribution is 2.14. The van der Waals surface area contributed by atoms with E-state index in [4.69, 9.17) is 10.3 Å². The van der Waals surface area contributed by atoms with Gasteiger partial charge in [-0.05, 0) is 12.1 Å². The van der Waals surface area contributed by atoms with Crippen molar-refractivity contribution in [1.29, 1.82) is 0 Å². The second-order valence-electron chi connectivity index (χ2n) is 2.58. The van der Waals surface area contributed by atoms with Gasteiger partial charge < -0.3 is 15.6 Å². The Bertz CT molecular complexity index is 414. The van der Waals surface area contributed by atoms with Gasteiger partial charge in [-0.3, -0.25) is 4.79 Å². The Balaban J connectivity index is 2.94. The van der Waals surface area contributed by atoms with Crippen molar-refractivity contribution < 1.29 is 19.9 Å². The number of anilines is 1. The second-order valence-corrected chi connectivity index (χ2v) is 2.58. The lowest BCUT2D eigenvalue weighted by Crippen LogP contribution is -2.15. The van der Waals surface area contributed by atoms with E-state index in [-0.39, 0.29) is 11.3 Å². The summed E-state index contributed by atoms with van der Waals surface area (Å²) >= 11 is 0. The first kappa shape index (κ1) is 10.7. The summed E-state index contributed by atoms with van der Waals surface area (Å²) in [7, 11) is 0. The first-order valence-corrected chi connectivity index (χ1v) is 3.96. The van der Waals surface area contributed by atoms with E-state index in [1.54, 1.807) is 12.1 Å². The average Bonchev–Trinajstić information content (AvgIpc) is 2.18. The van der Waals surface area contributed by atoms with Crippen LogP contribution in [0.4, 0.5) is 5.69 Å². The number of carboxylic acid groups (broad SMARTS) is 1. The molecule has 6 heteroatoms. The number of oxime groups is 1. The van der Waals surface area contributed by atoms with E-state index in [2.05, 4.69) is 10.5 Å². The molecule has 0 bridgehead atoms. The molecule has 78 valence electrons. The number of aromatic carboxylic acids is 1. The quantitative estimate of drug-likeness (QED) is 0.388. The van der Waals surface area contributed by atoms with Crippen molar-refractivity contribution in [2.75, 3.05) is 5.32 Å². The molecule has 0 fully saturated rings. The number of hydrogen-bond donors (Lipinski definition) is 3. The molecule has 0 heterocycles. The number of carbonyl (C=O) groups is 2. The van der Waals surface area contributed by atoms with Crippen LogP contribution in [0.3, 0.4) is 0 Å². The Morgan fingerprint density at radius 2 is 2.00 bits per heavy atom. The average molecular weight is 208 g/mol. The summed E-state index contributed by atoms with van der Waals surface area (Å²) in [6.45, 7) is 0. The van der Waals surface area contributed by atoms with Gasteiger partial charge in [-0.25, -0.2) is 4.79 Å². The van der Waals surface area contributed by atoms with Gasteiger partial charge in [0, 0.05) is 0 Å². The minimum absolute atomic E-state index is 0.0304. The van der Waals surface area contributed by atoms with Crippen molar-refractivity contribution in [2.45, 2.75) is 0 Å². The highest BCUT2D eigenvalue weighted by Gasteiger charge is 2.10. The van der Waals surface area contributed by atoms with Crippen molar-refractivity contribution in [2.24, 2.45) is 5.16 Å². The van der Waals surface area contributed by atoms with Crippen LogP contribution in [0.2, 0.25) is 0 Å². The van der Waals surface area contributed by atoms with Gasteiger partial charge in [0.2, 0.25) is 0 Å². The van der Waals surface area contributed by atoms with Crippen LogP contribution >= 0.6 is 0 Å². The zero-order valence-electron chi connectivity index (χ0n) is 7.54. The molecule has 3 N–H and O–H groups in total. The van der Waals surface area contributed by atoms with Crippen LogP contribution in [0.5, 0.6) is 0 Å². The molecule has 0 spiro atoms. The number of carbonyl (C=O) groups excluding carboxylic acids is 1. The van der Waals surface area contributed by atoms with Crippen LogP contribution in [0.1, 0.15) is 10.4 Å². The van der Waals surface area contributed by atoms with Crippen LogP contribution in [-0.2, 0) is 4.79 Å². The third kappa shape index (κ3) is 2.80. The Hall–Kier alpha value is -2.37. The molecule has 0 radical (unpaired) electrons.